The van der Waals surface area contributed by atoms with Crippen LogP contribution in [0.25, 0.3) is 0 Å². The summed E-state index contributed by atoms with van der Waals surface area (Å²) in [6.07, 6.45) is 2.62. The second-order valence-corrected chi connectivity index (χ2v) is 4.66. The highest BCUT2D eigenvalue weighted by Gasteiger charge is 2.37. The van der Waals surface area contributed by atoms with Gasteiger partial charge >= 0.3 is 0 Å². The zero-order chi connectivity index (χ0) is 12.3. The summed E-state index contributed by atoms with van der Waals surface area (Å²) in [7, 11) is 0. The standard InChI is InChI=1S/C12H19N3O2/c1-3-12(4-6-13-7-5-12)11(16)14-10-8-9(2)17-15-10/h8,13H,3-7H2,1-2H3,(H,14,15,16). The first-order chi connectivity index (χ1) is 8.16. The number of nitrogens with zero attached hydrogens (tertiary/aromatic N) is 1. The van der Waals surface area contributed by atoms with E-state index in [0.29, 0.717) is 11.6 Å². The highest BCUT2D eigenvalue weighted by molar-refractivity contribution is 5.94. The Kier molecular flexibility index (Phi) is 3.47. The van der Waals surface area contributed by atoms with E-state index in [2.05, 4.69) is 22.7 Å². The molecule has 1 aromatic rings. The Morgan fingerprint density at radius 2 is 2.29 bits per heavy atom. The third-order valence-corrected chi connectivity index (χ3v) is 3.59. The smallest absolute Gasteiger partial charge is 0.231 e. The number of aryl methyl sites for hydroxylation is 1. The second kappa shape index (κ2) is 4.87. The number of rotatable bonds is 3. The Hall–Kier alpha value is -1.36. The number of piperidine rings is 1. The van der Waals surface area contributed by atoms with Crippen LogP contribution in [0.5, 0.6) is 0 Å². The van der Waals surface area contributed by atoms with E-state index in [9.17, 15) is 4.79 Å². The molecule has 1 aliphatic heterocycles. The van der Waals surface area contributed by atoms with Crippen molar-refractivity contribution >= 4 is 11.7 Å². The predicted molar refractivity (Wildman–Crippen MR) is 64.7 cm³/mol. The van der Waals surface area contributed by atoms with Crippen molar-refractivity contribution in [3.63, 3.8) is 0 Å². The third kappa shape index (κ3) is 2.49. The van der Waals surface area contributed by atoms with Gasteiger partial charge in [-0.2, -0.15) is 0 Å². The first-order valence-electron chi connectivity index (χ1n) is 6.12. The zero-order valence-electron chi connectivity index (χ0n) is 10.4. The van der Waals surface area contributed by atoms with Gasteiger partial charge in [0.05, 0.1) is 5.41 Å². The van der Waals surface area contributed by atoms with Crippen molar-refractivity contribution < 1.29 is 9.32 Å². The molecule has 0 spiro atoms. The molecule has 5 heteroatoms. The molecule has 17 heavy (non-hydrogen) atoms. The molecule has 0 saturated carbocycles. The van der Waals surface area contributed by atoms with Gasteiger partial charge in [0, 0.05) is 6.07 Å². The molecule has 5 nitrogen and oxygen atoms in total. The molecule has 0 radical (unpaired) electrons. The van der Waals surface area contributed by atoms with Crippen LogP contribution in [0.1, 0.15) is 31.9 Å². The summed E-state index contributed by atoms with van der Waals surface area (Å²) >= 11 is 0. The van der Waals surface area contributed by atoms with Gasteiger partial charge < -0.3 is 15.2 Å². The average molecular weight is 237 g/mol. The minimum absolute atomic E-state index is 0.0646. The molecular weight excluding hydrogens is 218 g/mol. The number of anilines is 1. The van der Waals surface area contributed by atoms with Crippen molar-refractivity contribution in [2.24, 2.45) is 5.41 Å². The summed E-state index contributed by atoms with van der Waals surface area (Å²) < 4.78 is 4.94. The zero-order valence-corrected chi connectivity index (χ0v) is 10.4. The SMILES string of the molecule is CCC1(C(=O)Nc2cc(C)on2)CCNCC1. The molecule has 0 unspecified atom stereocenters. The maximum Gasteiger partial charge on any atom is 0.231 e. The van der Waals surface area contributed by atoms with Crippen molar-refractivity contribution in [2.45, 2.75) is 33.1 Å². The maximum absolute atomic E-state index is 12.3. The van der Waals surface area contributed by atoms with Crippen LogP contribution in [0, 0.1) is 12.3 Å². The molecule has 0 atom stereocenters. The summed E-state index contributed by atoms with van der Waals surface area (Å²) in [5, 5.41) is 9.93. The number of amides is 1. The normalized spacial score (nSPS) is 18.9. The molecule has 1 amide bonds. The van der Waals surface area contributed by atoms with Crippen LogP contribution in [0.3, 0.4) is 0 Å². The van der Waals surface area contributed by atoms with Gasteiger partial charge in [-0.15, -0.1) is 0 Å². The number of hydrogen-bond acceptors (Lipinski definition) is 4. The fraction of sp³-hybridized carbons (Fsp3) is 0.667. The molecule has 2 heterocycles. The fourth-order valence-electron chi connectivity index (χ4n) is 2.32. The van der Waals surface area contributed by atoms with Gasteiger partial charge in [0.25, 0.3) is 0 Å². The summed E-state index contributed by atoms with van der Waals surface area (Å²) in [5.41, 5.74) is -0.252. The van der Waals surface area contributed by atoms with Crippen molar-refractivity contribution in [3.05, 3.63) is 11.8 Å². The summed E-state index contributed by atoms with van der Waals surface area (Å²) in [4.78, 5) is 12.3. The lowest BCUT2D eigenvalue weighted by Gasteiger charge is -2.34. The highest BCUT2D eigenvalue weighted by atomic mass is 16.5. The number of aromatic nitrogens is 1. The van der Waals surface area contributed by atoms with Gasteiger partial charge in [0.2, 0.25) is 5.91 Å². The largest absolute Gasteiger partial charge is 0.360 e. The molecule has 1 saturated heterocycles. The lowest BCUT2D eigenvalue weighted by atomic mass is 9.76. The van der Waals surface area contributed by atoms with E-state index in [1.54, 1.807) is 6.07 Å². The lowest BCUT2D eigenvalue weighted by Crippen LogP contribution is -2.44. The topological polar surface area (TPSA) is 67.2 Å². The van der Waals surface area contributed by atoms with Crippen molar-refractivity contribution in [1.29, 1.82) is 0 Å². The molecule has 94 valence electrons. The number of carbonyl (C=O) groups excluding carboxylic acids is 1. The van der Waals surface area contributed by atoms with Crippen LogP contribution >= 0.6 is 0 Å². The van der Waals surface area contributed by atoms with Crippen LogP contribution < -0.4 is 10.6 Å². The monoisotopic (exact) mass is 237 g/mol. The summed E-state index contributed by atoms with van der Waals surface area (Å²) in [5.74, 6) is 1.28. The highest BCUT2D eigenvalue weighted by Crippen LogP contribution is 2.33. The number of carbonyl (C=O) groups is 1. The van der Waals surface area contributed by atoms with Crippen LogP contribution in [-0.2, 0) is 4.79 Å². The van der Waals surface area contributed by atoms with Gasteiger partial charge in [-0.05, 0) is 39.3 Å². The van der Waals surface area contributed by atoms with Crippen LogP contribution in [0.15, 0.2) is 10.6 Å². The van der Waals surface area contributed by atoms with Crippen LogP contribution in [-0.4, -0.2) is 24.2 Å². The molecule has 2 N–H and O–H groups in total. The Bertz CT molecular complexity index is 394. The third-order valence-electron chi connectivity index (χ3n) is 3.59. The molecular formula is C12H19N3O2. The van der Waals surface area contributed by atoms with Crippen LogP contribution in [0.2, 0.25) is 0 Å². The molecule has 1 aromatic heterocycles. The molecule has 0 aliphatic carbocycles. The minimum atomic E-state index is -0.252. The predicted octanol–water partition coefficient (Wildman–Crippen LogP) is 1.70. The van der Waals surface area contributed by atoms with Gasteiger partial charge in [-0.1, -0.05) is 12.1 Å². The van der Waals surface area contributed by atoms with E-state index in [0.717, 1.165) is 32.4 Å². The molecule has 0 bridgehead atoms. The molecule has 1 aliphatic rings. The van der Waals surface area contributed by atoms with E-state index >= 15 is 0 Å². The summed E-state index contributed by atoms with van der Waals surface area (Å²) in [6, 6.07) is 1.74. The number of hydrogen-bond donors (Lipinski definition) is 2. The van der Waals surface area contributed by atoms with Crippen molar-refractivity contribution in [3.8, 4) is 0 Å². The Balaban J connectivity index is 2.07. The van der Waals surface area contributed by atoms with Crippen LogP contribution in [0.4, 0.5) is 5.82 Å². The van der Waals surface area contributed by atoms with Gasteiger partial charge in [0.15, 0.2) is 5.82 Å². The Morgan fingerprint density at radius 3 is 2.82 bits per heavy atom. The van der Waals surface area contributed by atoms with Gasteiger partial charge in [-0.3, -0.25) is 4.79 Å². The first-order valence-corrected chi connectivity index (χ1v) is 6.12. The van der Waals surface area contributed by atoms with Crippen molar-refractivity contribution in [2.75, 3.05) is 18.4 Å². The second-order valence-electron chi connectivity index (χ2n) is 4.66. The maximum atomic E-state index is 12.3. The average Bonchev–Trinajstić information content (AvgIpc) is 2.75. The van der Waals surface area contributed by atoms with E-state index in [1.165, 1.54) is 0 Å². The van der Waals surface area contributed by atoms with E-state index in [1.807, 2.05) is 6.92 Å². The van der Waals surface area contributed by atoms with E-state index in [4.69, 9.17) is 4.52 Å². The fourth-order valence-corrected chi connectivity index (χ4v) is 2.32. The Labute approximate surface area is 101 Å². The van der Waals surface area contributed by atoms with Crippen molar-refractivity contribution in [1.82, 2.24) is 10.5 Å². The Morgan fingerprint density at radius 1 is 1.59 bits per heavy atom. The van der Waals surface area contributed by atoms with E-state index < -0.39 is 0 Å². The first kappa shape index (κ1) is 12.1. The quantitative estimate of drug-likeness (QED) is 0.839. The van der Waals surface area contributed by atoms with Gasteiger partial charge in [0.1, 0.15) is 5.76 Å². The van der Waals surface area contributed by atoms with Gasteiger partial charge in [-0.25, -0.2) is 0 Å². The lowest BCUT2D eigenvalue weighted by molar-refractivity contribution is -0.127. The summed E-state index contributed by atoms with van der Waals surface area (Å²) in [6.45, 7) is 5.68. The molecule has 0 aromatic carbocycles. The molecule has 1 fully saturated rings. The van der Waals surface area contributed by atoms with E-state index in [-0.39, 0.29) is 11.3 Å². The minimum Gasteiger partial charge on any atom is -0.360 e. The number of nitrogens with one attached hydrogen (secondary N) is 2. The molecule has 2 rings (SSSR count).